The number of para-hydroxylation sites is 3. The highest BCUT2D eigenvalue weighted by atomic mass is 32.1. The molecule has 3 aromatic heterocycles. The first kappa shape index (κ1) is 32.1. The van der Waals surface area contributed by atoms with Crippen LogP contribution in [0.4, 0.5) is 0 Å². The summed E-state index contributed by atoms with van der Waals surface area (Å²) in [5.74, 6) is 0. The van der Waals surface area contributed by atoms with Gasteiger partial charge < -0.3 is 9.13 Å². The maximum absolute atomic E-state index is 2.48. The zero-order valence-electron chi connectivity index (χ0n) is 30.9. The number of benzene rings is 9. The lowest BCUT2D eigenvalue weighted by molar-refractivity contribution is 1.18. The molecule has 0 aliphatic rings. The van der Waals surface area contributed by atoms with Crippen LogP contribution >= 0.6 is 11.3 Å². The zero-order valence-corrected chi connectivity index (χ0v) is 31.7. The first-order chi connectivity index (χ1) is 28.3. The standard InChI is InChI=1S/C54H34N2S/c1-4-15-35(16-5-1)37-29-38(36-17-6-2-7-18-36)31-39(30-37)42-23-14-26-50-54(42)47-33-46-45-32-41(56-48-24-12-10-21-43(48)44-22-11-13-25-49(44)56)27-28-52(45)57-53(46)34-51(47)55(50)40-19-8-3-9-20-40/h1-34H. The predicted octanol–water partition coefficient (Wildman–Crippen LogP) is 15.2. The van der Waals surface area contributed by atoms with Crippen LogP contribution in [0.2, 0.25) is 0 Å². The maximum atomic E-state index is 2.48. The van der Waals surface area contributed by atoms with Crippen molar-refractivity contribution in [2.24, 2.45) is 0 Å². The monoisotopic (exact) mass is 742 g/mol. The van der Waals surface area contributed by atoms with Crippen molar-refractivity contribution in [3.63, 3.8) is 0 Å². The van der Waals surface area contributed by atoms with Gasteiger partial charge in [-0.05, 0) is 112 Å². The molecule has 0 saturated carbocycles. The van der Waals surface area contributed by atoms with Gasteiger partial charge >= 0.3 is 0 Å². The van der Waals surface area contributed by atoms with E-state index in [1.54, 1.807) is 0 Å². The molecule has 0 fully saturated rings. The van der Waals surface area contributed by atoms with Crippen LogP contribution in [0.15, 0.2) is 206 Å². The summed E-state index contributed by atoms with van der Waals surface area (Å²) in [6.07, 6.45) is 0. The van der Waals surface area contributed by atoms with Crippen LogP contribution in [0.1, 0.15) is 0 Å². The van der Waals surface area contributed by atoms with Crippen molar-refractivity contribution < 1.29 is 0 Å². The van der Waals surface area contributed by atoms with Crippen LogP contribution < -0.4 is 0 Å². The third-order valence-corrected chi connectivity index (χ3v) is 12.8. The topological polar surface area (TPSA) is 9.86 Å². The molecule has 266 valence electrons. The van der Waals surface area contributed by atoms with Gasteiger partial charge in [-0.3, -0.25) is 0 Å². The van der Waals surface area contributed by atoms with E-state index in [1.165, 1.54) is 103 Å². The molecule has 0 aliphatic heterocycles. The molecule has 0 aliphatic carbocycles. The largest absolute Gasteiger partial charge is 0.309 e. The predicted molar refractivity (Wildman–Crippen MR) is 244 cm³/mol. The summed E-state index contributed by atoms with van der Waals surface area (Å²) in [7, 11) is 0. The molecule has 12 aromatic rings. The molecule has 3 heteroatoms. The third-order valence-electron chi connectivity index (χ3n) is 11.7. The van der Waals surface area contributed by atoms with E-state index in [-0.39, 0.29) is 0 Å². The molecule has 0 radical (unpaired) electrons. The van der Waals surface area contributed by atoms with E-state index in [4.69, 9.17) is 0 Å². The van der Waals surface area contributed by atoms with Crippen molar-refractivity contribution in [2.75, 3.05) is 0 Å². The van der Waals surface area contributed by atoms with Crippen LogP contribution in [0.5, 0.6) is 0 Å². The molecule has 0 spiro atoms. The minimum absolute atomic E-state index is 1.16. The van der Waals surface area contributed by atoms with Crippen molar-refractivity contribution >= 4 is 75.1 Å². The van der Waals surface area contributed by atoms with E-state index < -0.39 is 0 Å². The maximum Gasteiger partial charge on any atom is 0.0555 e. The van der Waals surface area contributed by atoms with Gasteiger partial charge in [0.05, 0.1) is 22.1 Å². The molecule has 0 N–H and O–H groups in total. The summed E-state index contributed by atoms with van der Waals surface area (Å²) >= 11 is 1.88. The van der Waals surface area contributed by atoms with Gasteiger partial charge in [0, 0.05) is 53.1 Å². The molecule has 0 unspecified atom stereocenters. The smallest absolute Gasteiger partial charge is 0.0555 e. The molecule has 0 atom stereocenters. The second-order valence-electron chi connectivity index (χ2n) is 14.9. The normalized spacial score (nSPS) is 11.9. The molecule has 3 heterocycles. The molecule has 12 rings (SSSR count). The lowest BCUT2D eigenvalue weighted by Gasteiger charge is -2.13. The second-order valence-corrected chi connectivity index (χ2v) is 16.0. The lowest BCUT2D eigenvalue weighted by atomic mass is 9.91. The second kappa shape index (κ2) is 12.7. The number of hydrogen-bond donors (Lipinski definition) is 0. The molecule has 0 bridgehead atoms. The van der Waals surface area contributed by atoms with Crippen molar-refractivity contribution in [1.82, 2.24) is 9.13 Å². The average Bonchev–Trinajstić information content (AvgIpc) is 3.93. The summed E-state index contributed by atoms with van der Waals surface area (Å²) < 4.78 is 7.47. The summed E-state index contributed by atoms with van der Waals surface area (Å²) in [6.45, 7) is 0. The number of aromatic nitrogens is 2. The van der Waals surface area contributed by atoms with E-state index in [2.05, 4.69) is 215 Å². The number of hydrogen-bond acceptors (Lipinski definition) is 1. The SMILES string of the molecule is c1ccc(-c2cc(-c3ccccc3)cc(-c3cccc4c3c3cc5c(cc3n4-c3ccccc3)sc3ccc(-n4c6ccccc6c6ccccc64)cc35)c2)cc1. The van der Waals surface area contributed by atoms with Gasteiger partial charge in [-0.2, -0.15) is 0 Å². The summed E-state index contributed by atoms with van der Waals surface area (Å²) in [6, 6.07) is 75.7. The fourth-order valence-electron chi connectivity index (χ4n) is 9.14. The van der Waals surface area contributed by atoms with Crippen LogP contribution in [0, 0.1) is 0 Å². The van der Waals surface area contributed by atoms with E-state index in [0.717, 1.165) is 5.69 Å². The fourth-order valence-corrected chi connectivity index (χ4v) is 10.2. The summed E-state index contributed by atoms with van der Waals surface area (Å²) in [4.78, 5) is 0. The van der Waals surface area contributed by atoms with E-state index >= 15 is 0 Å². The quantitative estimate of drug-likeness (QED) is 0.166. The van der Waals surface area contributed by atoms with Crippen molar-refractivity contribution in [3.8, 4) is 44.8 Å². The minimum Gasteiger partial charge on any atom is -0.309 e. The highest BCUT2D eigenvalue weighted by Crippen LogP contribution is 2.45. The molecule has 0 amide bonds. The van der Waals surface area contributed by atoms with Gasteiger partial charge in [-0.15, -0.1) is 11.3 Å². The lowest BCUT2D eigenvalue weighted by Crippen LogP contribution is -1.93. The minimum atomic E-state index is 1.16. The van der Waals surface area contributed by atoms with E-state index in [9.17, 15) is 0 Å². The Morgan fingerprint density at radius 1 is 0.281 bits per heavy atom. The van der Waals surface area contributed by atoms with E-state index in [0.29, 0.717) is 0 Å². The summed E-state index contributed by atoms with van der Waals surface area (Å²) in [5.41, 5.74) is 14.5. The highest BCUT2D eigenvalue weighted by molar-refractivity contribution is 7.25. The highest BCUT2D eigenvalue weighted by Gasteiger charge is 2.20. The number of rotatable bonds is 5. The first-order valence-electron chi connectivity index (χ1n) is 19.5. The van der Waals surface area contributed by atoms with Gasteiger partial charge in [0.1, 0.15) is 0 Å². The zero-order chi connectivity index (χ0) is 37.5. The van der Waals surface area contributed by atoms with Crippen LogP contribution in [0.3, 0.4) is 0 Å². The molecule has 2 nitrogen and oxygen atoms in total. The number of nitrogens with zero attached hydrogens (tertiary/aromatic N) is 2. The third kappa shape index (κ3) is 5.03. The van der Waals surface area contributed by atoms with Crippen molar-refractivity contribution in [2.45, 2.75) is 0 Å². The molecule has 9 aromatic carbocycles. The van der Waals surface area contributed by atoms with Crippen molar-refractivity contribution in [3.05, 3.63) is 206 Å². The molecule has 0 saturated heterocycles. The first-order valence-corrected chi connectivity index (χ1v) is 20.3. The Morgan fingerprint density at radius 3 is 1.49 bits per heavy atom. The average molecular weight is 743 g/mol. The Balaban J connectivity index is 1.15. The van der Waals surface area contributed by atoms with Crippen molar-refractivity contribution in [1.29, 1.82) is 0 Å². The van der Waals surface area contributed by atoms with Crippen LogP contribution in [-0.2, 0) is 0 Å². The Morgan fingerprint density at radius 2 is 0.825 bits per heavy atom. The van der Waals surface area contributed by atoms with Gasteiger partial charge in [0.25, 0.3) is 0 Å². The Kier molecular flexibility index (Phi) is 7.13. The van der Waals surface area contributed by atoms with Gasteiger partial charge in [-0.25, -0.2) is 0 Å². The van der Waals surface area contributed by atoms with E-state index in [1.807, 2.05) is 11.3 Å². The van der Waals surface area contributed by atoms with Gasteiger partial charge in [0.15, 0.2) is 0 Å². The molecular weight excluding hydrogens is 709 g/mol. The number of thiophene rings is 1. The van der Waals surface area contributed by atoms with Gasteiger partial charge in [-0.1, -0.05) is 127 Å². The fraction of sp³-hybridized carbons (Fsp3) is 0. The molecular formula is C54H34N2S. The Hall–Kier alpha value is -7.20. The Labute approximate surface area is 333 Å². The summed E-state index contributed by atoms with van der Waals surface area (Å²) in [5, 5.41) is 7.64. The van der Waals surface area contributed by atoms with Crippen LogP contribution in [-0.4, -0.2) is 9.13 Å². The number of fused-ring (bicyclic) bond motifs is 9. The van der Waals surface area contributed by atoms with Crippen LogP contribution in [0.25, 0.3) is 109 Å². The molecule has 57 heavy (non-hydrogen) atoms. The Bertz CT molecular complexity index is 3390. The van der Waals surface area contributed by atoms with Gasteiger partial charge in [0.2, 0.25) is 0 Å².